The molecule has 1 aromatic rings. The van der Waals surface area contributed by atoms with E-state index >= 15 is 0 Å². The van der Waals surface area contributed by atoms with Gasteiger partial charge in [-0.05, 0) is 25.1 Å². The highest BCUT2D eigenvalue weighted by atomic mass is 16.5. The number of ketones is 1. The van der Waals surface area contributed by atoms with Crippen LogP contribution in [0.15, 0.2) is 18.2 Å². The highest BCUT2D eigenvalue weighted by Gasteiger charge is 2.10. The van der Waals surface area contributed by atoms with Crippen molar-refractivity contribution in [3.63, 3.8) is 0 Å². The SMILES string of the molecule is COCCN(CCO)c1ccc(N)c(C(C)=O)c1. The van der Waals surface area contributed by atoms with Crippen molar-refractivity contribution in [3.05, 3.63) is 23.8 Å². The van der Waals surface area contributed by atoms with Crippen molar-refractivity contribution in [2.24, 2.45) is 0 Å². The first-order valence-electron chi connectivity index (χ1n) is 5.85. The molecule has 0 aliphatic heterocycles. The van der Waals surface area contributed by atoms with E-state index in [0.717, 1.165) is 5.69 Å². The van der Waals surface area contributed by atoms with Crippen molar-refractivity contribution >= 4 is 17.2 Å². The number of ether oxygens (including phenoxy) is 1. The molecule has 5 heteroatoms. The lowest BCUT2D eigenvalue weighted by Gasteiger charge is -2.24. The van der Waals surface area contributed by atoms with E-state index in [1.807, 2.05) is 11.0 Å². The molecule has 0 atom stereocenters. The molecule has 0 heterocycles. The van der Waals surface area contributed by atoms with Gasteiger partial charge in [0, 0.05) is 37.1 Å². The Morgan fingerprint density at radius 1 is 1.44 bits per heavy atom. The first-order valence-corrected chi connectivity index (χ1v) is 5.85. The summed E-state index contributed by atoms with van der Waals surface area (Å²) in [5.74, 6) is -0.0648. The average Bonchev–Trinajstić information content (AvgIpc) is 2.35. The summed E-state index contributed by atoms with van der Waals surface area (Å²) in [7, 11) is 1.63. The molecule has 0 aliphatic rings. The van der Waals surface area contributed by atoms with E-state index in [2.05, 4.69) is 0 Å². The third-order valence-electron chi connectivity index (χ3n) is 2.72. The Hall–Kier alpha value is -1.59. The number of methoxy groups -OCH3 is 1. The van der Waals surface area contributed by atoms with Gasteiger partial charge in [0.25, 0.3) is 0 Å². The molecular formula is C13H20N2O3. The van der Waals surface area contributed by atoms with Crippen molar-refractivity contribution < 1.29 is 14.6 Å². The molecule has 0 saturated heterocycles. The Morgan fingerprint density at radius 2 is 2.17 bits per heavy atom. The minimum atomic E-state index is -0.0648. The predicted octanol–water partition coefficient (Wildman–Crippen LogP) is 0.917. The quantitative estimate of drug-likeness (QED) is 0.557. The van der Waals surface area contributed by atoms with Crippen LogP contribution in [0.25, 0.3) is 0 Å². The summed E-state index contributed by atoms with van der Waals surface area (Å²) in [4.78, 5) is 13.4. The van der Waals surface area contributed by atoms with Gasteiger partial charge in [-0.1, -0.05) is 0 Å². The van der Waals surface area contributed by atoms with Gasteiger partial charge >= 0.3 is 0 Å². The van der Waals surface area contributed by atoms with Crippen LogP contribution in [0.5, 0.6) is 0 Å². The van der Waals surface area contributed by atoms with E-state index < -0.39 is 0 Å². The van der Waals surface area contributed by atoms with E-state index in [1.165, 1.54) is 6.92 Å². The highest BCUT2D eigenvalue weighted by molar-refractivity contribution is 6.00. The largest absolute Gasteiger partial charge is 0.398 e. The molecule has 3 N–H and O–H groups in total. The number of nitrogens with zero attached hydrogens (tertiary/aromatic N) is 1. The Kier molecular flexibility index (Phi) is 5.61. The third-order valence-corrected chi connectivity index (χ3v) is 2.72. The third kappa shape index (κ3) is 3.72. The zero-order chi connectivity index (χ0) is 13.5. The number of aliphatic hydroxyl groups excluding tert-OH is 1. The van der Waals surface area contributed by atoms with Crippen LogP contribution in [0, 0.1) is 0 Å². The fourth-order valence-electron chi connectivity index (χ4n) is 1.74. The summed E-state index contributed by atoms with van der Waals surface area (Å²) in [5.41, 5.74) is 7.59. The van der Waals surface area contributed by atoms with Crippen LogP contribution in [0.4, 0.5) is 11.4 Å². The predicted molar refractivity (Wildman–Crippen MR) is 72.0 cm³/mol. The van der Waals surface area contributed by atoms with Crippen LogP contribution >= 0.6 is 0 Å². The molecule has 5 nitrogen and oxygen atoms in total. The maximum atomic E-state index is 11.4. The number of hydrogen-bond donors (Lipinski definition) is 2. The lowest BCUT2D eigenvalue weighted by atomic mass is 10.1. The molecule has 0 spiro atoms. The maximum absolute atomic E-state index is 11.4. The summed E-state index contributed by atoms with van der Waals surface area (Å²) in [5, 5.41) is 9.06. The lowest BCUT2D eigenvalue weighted by Crippen LogP contribution is -2.30. The summed E-state index contributed by atoms with van der Waals surface area (Å²) >= 11 is 0. The van der Waals surface area contributed by atoms with Crippen molar-refractivity contribution in [2.45, 2.75) is 6.92 Å². The summed E-state index contributed by atoms with van der Waals surface area (Å²) in [6.07, 6.45) is 0. The van der Waals surface area contributed by atoms with Gasteiger partial charge in [-0.3, -0.25) is 4.79 Å². The molecule has 0 bridgehead atoms. The average molecular weight is 252 g/mol. The van der Waals surface area contributed by atoms with Gasteiger partial charge in [0.1, 0.15) is 0 Å². The summed E-state index contributed by atoms with van der Waals surface area (Å²) in [6.45, 7) is 3.23. The number of carbonyl (C=O) groups excluding carboxylic acids is 1. The van der Waals surface area contributed by atoms with Crippen LogP contribution in [0.1, 0.15) is 17.3 Å². The van der Waals surface area contributed by atoms with Crippen LogP contribution < -0.4 is 10.6 Å². The van der Waals surface area contributed by atoms with Gasteiger partial charge in [-0.2, -0.15) is 0 Å². The number of rotatable bonds is 7. The molecule has 0 radical (unpaired) electrons. The van der Waals surface area contributed by atoms with Crippen LogP contribution in [0.2, 0.25) is 0 Å². The number of carbonyl (C=O) groups is 1. The molecule has 0 saturated carbocycles. The number of aliphatic hydroxyl groups is 1. The second-order valence-electron chi connectivity index (χ2n) is 4.03. The molecule has 0 aliphatic carbocycles. The smallest absolute Gasteiger partial charge is 0.161 e. The Balaban J connectivity index is 2.97. The Bertz CT molecular complexity index is 407. The van der Waals surface area contributed by atoms with Crippen molar-refractivity contribution in [2.75, 3.05) is 44.0 Å². The number of anilines is 2. The standard InChI is InChI=1S/C13H20N2O3/c1-10(17)12-9-11(3-4-13(12)14)15(5-7-16)6-8-18-2/h3-4,9,16H,5-8,14H2,1-2H3. The van der Waals surface area contributed by atoms with Crippen LogP contribution in [-0.4, -0.2) is 44.3 Å². The van der Waals surface area contributed by atoms with Crippen molar-refractivity contribution in [1.29, 1.82) is 0 Å². The molecule has 1 rings (SSSR count). The molecule has 18 heavy (non-hydrogen) atoms. The normalized spacial score (nSPS) is 10.4. The molecule has 1 aromatic carbocycles. The van der Waals surface area contributed by atoms with Gasteiger partial charge in [0.05, 0.1) is 13.2 Å². The number of nitrogens with two attached hydrogens (primary N) is 1. The van der Waals surface area contributed by atoms with E-state index in [0.29, 0.717) is 30.9 Å². The first kappa shape index (κ1) is 14.5. The molecule has 0 fully saturated rings. The summed E-state index contributed by atoms with van der Waals surface area (Å²) in [6, 6.07) is 5.30. The molecule has 0 aromatic heterocycles. The zero-order valence-electron chi connectivity index (χ0n) is 10.8. The maximum Gasteiger partial charge on any atom is 0.161 e. The molecule has 0 unspecified atom stereocenters. The van der Waals surface area contributed by atoms with Crippen molar-refractivity contribution in [1.82, 2.24) is 0 Å². The van der Waals surface area contributed by atoms with Gasteiger partial charge in [0.2, 0.25) is 0 Å². The minimum absolute atomic E-state index is 0.0451. The van der Waals surface area contributed by atoms with E-state index in [9.17, 15) is 4.79 Å². The number of Topliss-reactive ketones (excluding diaryl/α,β-unsaturated/α-hetero) is 1. The Labute approximate surface area is 107 Å². The van der Waals surface area contributed by atoms with E-state index in [1.54, 1.807) is 19.2 Å². The summed E-state index contributed by atoms with van der Waals surface area (Å²) < 4.78 is 5.03. The monoisotopic (exact) mass is 252 g/mol. The van der Waals surface area contributed by atoms with Gasteiger partial charge in [0.15, 0.2) is 5.78 Å². The van der Waals surface area contributed by atoms with E-state index in [4.69, 9.17) is 15.6 Å². The zero-order valence-corrected chi connectivity index (χ0v) is 10.8. The van der Waals surface area contributed by atoms with Gasteiger partial charge < -0.3 is 20.5 Å². The number of nitrogen functional groups attached to an aromatic ring is 1. The molecule has 0 amide bonds. The second kappa shape index (κ2) is 6.98. The molecular weight excluding hydrogens is 232 g/mol. The van der Waals surface area contributed by atoms with Crippen LogP contribution in [-0.2, 0) is 4.74 Å². The second-order valence-corrected chi connectivity index (χ2v) is 4.03. The van der Waals surface area contributed by atoms with Gasteiger partial charge in [-0.25, -0.2) is 0 Å². The highest BCUT2D eigenvalue weighted by Crippen LogP contribution is 2.21. The number of benzene rings is 1. The number of hydrogen-bond acceptors (Lipinski definition) is 5. The Morgan fingerprint density at radius 3 is 2.72 bits per heavy atom. The lowest BCUT2D eigenvalue weighted by molar-refractivity contribution is 0.101. The fraction of sp³-hybridized carbons (Fsp3) is 0.462. The van der Waals surface area contributed by atoms with Crippen LogP contribution in [0.3, 0.4) is 0 Å². The van der Waals surface area contributed by atoms with Crippen molar-refractivity contribution in [3.8, 4) is 0 Å². The first-order chi connectivity index (χ1) is 8.60. The molecule has 100 valence electrons. The van der Waals surface area contributed by atoms with E-state index in [-0.39, 0.29) is 12.4 Å². The topological polar surface area (TPSA) is 75.8 Å². The minimum Gasteiger partial charge on any atom is -0.398 e. The van der Waals surface area contributed by atoms with Gasteiger partial charge in [-0.15, -0.1) is 0 Å². The fourth-order valence-corrected chi connectivity index (χ4v) is 1.74.